The quantitative estimate of drug-likeness (QED) is 0.852. The van der Waals surface area contributed by atoms with Crippen molar-refractivity contribution in [3.63, 3.8) is 0 Å². The first kappa shape index (κ1) is 16.5. The lowest BCUT2D eigenvalue weighted by molar-refractivity contribution is -0.139. The van der Waals surface area contributed by atoms with Crippen LogP contribution in [0.3, 0.4) is 0 Å². The summed E-state index contributed by atoms with van der Waals surface area (Å²) in [6, 6.07) is 8.65. The minimum Gasteiger partial charge on any atom is -0.338 e. The number of hydrogen-bond acceptors (Lipinski definition) is 3. The molecule has 2 saturated heterocycles. The molecule has 0 spiro atoms. The molecule has 2 fully saturated rings. The summed E-state index contributed by atoms with van der Waals surface area (Å²) in [5.41, 5.74) is 0.981. The number of hydrogen-bond donors (Lipinski definition) is 1. The maximum absolute atomic E-state index is 12.5. The Morgan fingerprint density at radius 2 is 1.96 bits per heavy atom. The fourth-order valence-corrected chi connectivity index (χ4v) is 3.41. The van der Waals surface area contributed by atoms with Crippen LogP contribution in [0, 0.1) is 0 Å². The molecule has 6 heteroatoms. The molecule has 0 aliphatic carbocycles. The van der Waals surface area contributed by atoms with Gasteiger partial charge in [-0.05, 0) is 31.7 Å². The predicted octanol–water partition coefficient (Wildman–Crippen LogP) is 1.55. The highest BCUT2D eigenvalue weighted by atomic mass is 16.2. The molecule has 0 radical (unpaired) electrons. The van der Waals surface area contributed by atoms with Crippen molar-refractivity contribution >= 4 is 17.8 Å². The van der Waals surface area contributed by atoms with Gasteiger partial charge < -0.3 is 10.2 Å². The van der Waals surface area contributed by atoms with Gasteiger partial charge in [-0.15, -0.1) is 0 Å². The van der Waals surface area contributed by atoms with E-state index in [2.05, 4.69) is 5.32 Å². The van der Waals surface area contributed by atoms with Gasteiger partial charge in [0.15, 0.2) is 0 Å². The number of piperidine rings is 1. The van der Waals surface area contributed by atoms with Crippen LogP contribution in [0.25, 0.3) is 0 Å². The van der Waals surface area contributed by atoms with Gasteiger partial charge in [0, 0.05) is 19.0 Å². The first-order valence-corrected chi connectivity index (χ1v) is 8.51. The molecule has 24 heavy (non-hydrogen) atoms. The van der Waals surface area contributed by atoms with Crippen LogP contribution < -0.4 is 5.32 Å². The van der Waals surface area contributed by atoms with Crippen LogP contribution in [-0.4, -0.2) is 52.8 Å². The van der Waals surface area contributed by atoms with E-state index in [-0.39, 0.29) is 24.4 Å². The highest BCUT2D eigenvalue weighted by Gasteiger charge is 2.40. The number of imide groups is 1. The number of nitrogens with zero attached hydrogens (tertiary/aromatic N) is 2. The largest absolute Gasteiger partial charge is 0.338 e. The van der Waals surface area contributed by atoms with E-state index in [0.717, 1.165) is 29.7 Å². The molecular weight excluding hydrogens is 306 g/mol. The van der Waals surface area contributed by atoms with E-state index >= 15 is 0 Å². The molecule has 0 bridgehead atoms. The summed E-state index contributed by atoms with van der Waals surface area (Å²) in [5.74, 6) is -0.465. The Labute approximate surface area is 141 Å². The van der Waals surface area contributed by atoms with Crippen molar-refractivity contribution in [1.82, 2.24) is 15.1 Å². The van der Waals surface area contributed by atoms with Gasteiger partial charge in [-0.1, -0.05) is 30.3 Å². The first-order valence-electron chi connectivity index (χ1n) is 8.51. The lowest BCUT2D eigenvalue weighted by Crippen LogP contribution is -2.48. The Morgan fingerprint density at radius 1 is 1.21 bits per heavy atom. The van der Waals surface area contributed by atoms with Gasteiger partial charge in [-0.2, -0.15) is 0 Å². The second kappa shape index (κ2) is 7.03. The fourth-order valence-electron chi connectivity index (χ4n) is 3.41. The summed E-state index contributed by atoms with van der Waals surface area (Å²) >= 11 is 0. The zero-order valence-corrected chi connectivity index (χ0v) is 13.9. The zero-order chi connectivity index (χ0) is 17.1. The van der Waals surface area contributed by atoms with Gasteiger partial charge in [0.25, 0.3) is 5.91 Å². The van der Waals surface area contributed by atoms with Crippen LogP contribution in [0.15, 0.2) is 30.3 Å². The molecule has 2 heterocycles. The number of benzene rings is 1. The Kier molecular flexibility index (Phi) is 4.83. The van der Waals surface area contributed by atoms with E-state index in [9.17, 15) is 14.4 Å². The molecule has 6 nitrogen and oxygen atoms in total. The normalized spacial score (nSPS) is 24.2. The summed E-state index contributed by atoms with van der Waals surface area (Å²) in [7, 11) is 0. The zero-order valence-electron chi connectivity index (χ0n) is 13.9. The fraction of sp³-hybridized carbons (Fsp3) is 0.500. The Balaban J connectivity index is 1.62. The topological polar surface area (TPSA) is 69.7 Å². The average molecular weight is 329 g/mol. The number of urea groups is 1. The molecule has 1 aromatic carbocycles. The number of carbonyl (C=O) groups excluding carboxylic acids is 3. The van der Waals surface area contributed by atoms with Gasteiger partial charge in [0.05, 0.1) is 0 Å². The molecule has 0 unspecified atom stereocenters. The van der Waals surface area contributed by atoms with Gasteiger partial charge in [0.1, 0.15) is 12.6 Å². The van der Waals surface area contributed by atoms with Crippen molar-refractivity contribution in [3.8, 4) is 0 Å². The molecule has 0 aromatic heterocycles. The van der Waals surface area contributed by atoms with Gasteiger partial charge in [0.2, 0.25) is 5.91 Å². The van der Waals surface area contributed by atoms with E-state index in [1.807, 2.05) is 37.3 Å². The Hall–Kier alpha value is -2.37. The number of nitrogens with one attached hydrogen (secondary N) is 1. The van der Waals surface area contributed by atoms with Gasteiger partial charge in [-0.25, -0.2) is 4.79 Å². The molecule has 2 aliphatic rings. The Bertz CT molecular complexity index is 632. The summed E-state index contributed by atoms with van der Waals surface area (Å²) in [4.78, 5) is 39.9. The monoisotopic (exact) mass is 329 g/mol. The maximum Gasteiger partial charge on any atom is 0.325 e. The third kappa shape index (κ3) is 3.42. The van der Waals surface area contributed by atoms with E-state index < -0.39 is 12.1 Å². The van der Waals surface area contributed by atoms with E-state index in [1.165, 1.54) is 0 Å². The number of rotatable bonds is 4. The highest BCUT2D eigenvalue weighted by Crippen LogP contribution is 2.18. The molecule has 1 aromatic rings. The van der Waals surface area contributed by atoms with Gasteiger partial charge >= 0.3 is 6.03 Å². The molecular formula is C18H23N3O3. The minimum atomic E-state index is -0.591. The Morgan fingerprint density at radius 3 is 2.67 bits per heavy atom. The molecule has 3 rings (SSSR count). The van der Waals surface area contributed by atoms with Crippen LogP contribution in [0.2, 0.25) is 0 Å². The van der Waals surface area contributed by atoms with Crippen LogP contribution in [0.1, 0.15) is 31.7 Å². The van der Waals surface area contributed by atoms with E-state index in [0.29, 0.717) is 13.0 Å². The number of likely N-dealkylation sites (tertiary alicyclic amines) is 1. The molecule has 1 N–H and O–H groups in total. The summed E-state index contributed by atoms with van der Waals surface area (Å²) < 4.78 is 0. The third-order valence-corrected chi connectivity index (χ3v) is 4.81. The average Bonchev–Trinajstić information content (AvgIpc) is 2.83. The molecule has 2 atom stereocenters. The van der Waals surface area contributed by atoms with Crippen molar-refractivity contribution in [1.29, 1.82) is 0 Å². The van der Waals surface area contributed by atoms with Crippen molar-refractivity contribution < 1.29 is 14.4 Å². The standard InChI is InChI=1S/C18H23N3O3/c1-13-7-5-6-10-20(13)16(22)12-21-17(23)15(19-18(21)24)11-14-8-3-2-4-9-14/h2-4,8-9,13,15H,5-7,10-12H2,1H3,(H,19,24)/t13-,15-/m0/s1. The smallest absolute Gasteiger partial charge is 0.325 e. The van der Waals surface area contributed by atoms with Gasteiger partial charge in [-0.3, -0.25) is 14.5 Å². The van der Waals surface area contributed by atoms with Crippen molar-refractivity contribution in [3.05, 3.63) is 35.9 Å². The predicted molar refractivity (Wildman–Crippen MR) is 89.2 cm³/mol. The van der Waals surface area contributed by atoms with Crippen molar-refractivity contribution in [2.75, 3.05) is 13.1 Å². The first-order chi connectivity index (χ1) is 11.6. The number of carbonyl (C=O) groups is 3. The SMILES string of the molecule is C[C@H]1CCCCN1C(=O)CN1C(=O)N[C@@H](Cc2ccccc2)C1=O. The van der Waals surface area contributed by atoms with Crippen molar-refractivity contribution in [2.45, 2.75) is 44.7 Å². The number of amides is 4. The molecule has 128 valence electrons. The summed E-state index contributed by atoms with van der Waals surface area (Å²) in [5, 5.41) is 2.69. The van der Waals surface area contributed by atoms with Crippen LogP contribution >= 0.6 is 0 Å². The molecule has 0 saturated carbocycles. The molecule has 4 amide bonds. The van der Waals surface area contributed by atoms with Crippen LogP contribution in [0.4, 0.5) is 4.79 Å². The maximum atomic E-state index is 12.5. The molecule has 2 aliphatic heterocycles. The second-order valence-electron chi connectivity index (χ2n) is 6.55. The van der Waals surface area contributed by atoms with Crippen molar-refractivity contribution in [2.24, 2.45) is 0 Å². The summed E-state index contributed by atoms with van der Waals surface area (Å²) in [6.07, 6.45) is 3.51. The summed E-state index contributed by atoms with van der Waals surface area (Å²) in [6.45, 7) is 2.55. The van der Waals surface area contributed by atoms with E-state index in [4.69, 9.17) is 0 Å². The van der Waals surface area contributed by atoms with E-state index in [1.54, 1.807) is 4.90 Å². The van der Waals surface area contributed by atoms with Crippen LogP contribution in [0.5, 0.6) is 0 Å². The third-order valence-electron chi connectivity index (χ3n) is 4.81. The lowest BCUT2D eigenvalue weighted by Gasteiger charge is -2.34. The van der Waals surface area contributed by atoms with Crippen LogP contribution in [-0.2, 0) is 16.0 Å². The second-order valence-corrected chi connectivity index (χ2v) is 6.55. The minimum absolute atomic E-state index is 0.147. The highest BCUT2D eigenvalue weighted by molar-refractivity contribution is 6.06. The lowest BCUT2D eigenvalue weighted by atomic mass is 10.0.